The van der Waals surface area contributed by atoms with Crippen LogP contribution < -0.4 is 0 Å². The lowest BCUT2D eigenvalue weighted by atomic mass is 10.2. The molecule has 0 N–H and O–H groups in total. The van der Waals surface area contributed by atoms with Gasteiger partial charge in [0.25, 0.3) is 0 Å². The zero-order valence-corrected chi connectivity index (χ0v) is 12.1. The fourth-order valence-electron chi connectivity index (χ4n) is 1.79. The number of rotatable bonds is 2. The zero-order valence-electron chi connectivity index (χ0n) is 11.2. The van der Waals surface area contributed by atoms with Crippen LogP contribution in [-0.2, 0) is 9.53 Å². The number of esters is 1. The van der Waals surface area contributed by atoms with E-state index >= 15 is 0 Å². The Balaban J connectivity index is 2.15. The van der Waals surface area contributed by atoms with E-state index in [4.69, 9.17) is 4.74 Å². The number of fused-ring (bicyclic) bond motifs is 1. The molecule has 0 aliphatic carbocycles. The molecule has 4 heteroatoms. The molecule has 0 amide bonds. The number of thiol groups is 1. The van der Waals surface area contributed by atoms with E-state index < -0.39 is 16.7 Å². The lowest BCUT2D eigenvalue weighted by molar-refractivity contribution is -0.153. The predicted octanol–water partition coefficient (Wildman–Crippen LogP) is 3.12. The summed E-state index contributed by atoms with van der Waals surface area (Å²) < 4.78 is 9.92. The lowest BCUT2D eigenvalue weighted by Crippen LogP contribution is -2.29. The predicted molar refractivity (Wildman–Crippen MR) is 76.6 cm³/mol. The molecule has 0 saturated heterocycles. The molecule has 18 heavy (non-hydrogen) atoms. The van der Waals surface area contributed by atoms with Crippen molar-refractivity contribution in [1.29, 1.82) is 0 Å². The second kappa shape index (κ2) is 4.76. The number of nitrogens with zero attached hydrogens (tertiary/aromatic N) is 1. The number of benzene rings is 1. The van der Waals surface area contributed by atoms with Crippen LogP contribution in [0.15, 0.2) is 33.6 Å². The van der Waals surface area contributed by atoms with Crippen LogP contribution in [0.3, 0.4) is 0 Å². The summed E-state index contributed by atoms with van der Waals surface area (Å²) in [5, 5.41) is -0.195. The minimum atomic E-state index is -0.820. The number of hydrogen-bond acceptors (Lipinski definition) is 3. The van der Waals surface area contributed by atoms with Gasteiger partial charge in [-0.1, -0.05) is 18.2 Å². The first kappa shape index (κ1) is 13.1. The van der Waals surface area contributed by atoms with Gasteiger partial charge in [-0.2, -0.15) is 0 Å². The fraction of sp³-hybridized carbons (Fsp3) is 0.429. The van der Waals surface area contributed by atoms with Crippen LogP contribution in [0.5, 0.6) is 0 Å². The Hall–Kier alpha value is -1.29. The molecule has 1 heterocycles. The number of hydrogen-bond donors (Lipinski definition) is 1. The molecular weight excluding hydrogens is 246 g/mol. The number of ether oxygens (including phenoxy) is 1. The van der Waals surface area contributed by atoms with E-state index in [9.17, 15) is 4.79 Å². The molecule has 0 saturated carbocycles. The van der Waals surface area contributed by atoms with Crippen molar-refractivity contribution in [1.82, 2.24) is 0 Å². The van der Waals surface area contributed by atoms with E-state index in [0.717, 1.165) is 5.56 Å². The molecule has 0 spiro atoms. The highest BCUT2D eigenvalue weighted by Crippen LogP contribution is 2.47. The first-order valence-electron chi connectivity index (χ1n) is 6.03. The van der Waals surface area contributed by atoms with Gasteiger partial charge in [-0.15, -0.1) is 11.1 Å². The Bertz CT molecular complexity index is 491. The average Bonchev–Trinajstić information content (AvgIpc) is 2.69. The van der Waals surface area contributed by atoms with Crippen LogP contribution in [0, 0.1) is 0 Å². The van der Waals surface area contributed by atoms with Gasteiger partial charge in [0.2, 0.25) is 0 Å². The molecule has 0 aromatic heterocycles. The molecule has 0 radical (unpaired) electrons. The van der Waals surface area contributed by atoms with E-state index in [2.05, 4.69) is 10.5 Å². The van der Waals surface area contributed by atoms with Crippen molar-refractivity contribution >= 4 is 23.3 Å². The maximum atomic E-state index is 12.1. The summed E-state index contributed by atoms with van der Waals surface area (Å²) in [7, 11) is 0. The highest BCUT2D eigenvalue weighted by atomic mass is 32.2. The zero-order chi connectivity index (χ0) is 13.3. The number of carbonyl (C=O) groups is 1. The minimum absolute atomic E-state index is 0.164. The highest BCUT2D eigenvalue weighted by Gasteiger charge is 2.29. The largest absolute Gasteiger partial charge is 0.459 e. The van der Waals surface area contributed by atoms with Gasteiger partial charge in [0.1, 0.15) is 10.9 Å². The summed E-state index contributed by atoms with van der Waals surface area (Å²) in [6, 6.07) is 8.06. The second-order valence-electron chi connectivity index (χ2n) is 5.36. The van der Waals surface area contributed by atoms with Crippen LogP contribution in [-0.4, -0.2) is 23.0 Å². The topological polar surface area (TPSA) is 38.7 Å². The Morgan fingerprint density at radius 3 is 2.67 bits per heavy atom. The molecule has 98 valence electrons. The van der Waals surface area contributed by atoms with Crippen molar-refractivity contribution < 1.29 is 9.53 Å². The third-order valence-corrected chi connectivity index (χ3v) is 4.83. The summed E-state index contributed by atoms with van der Waals surface area (Å²) in [5.41, 5.74) is 0.683. The second-order valence-corrected chi connectivity index (χ2v) is 7.53. The molecule has 1 aliphatic heterocycles. The van der Waals surface area contributed by atoms with Gasteiger partial charge >= 0.3 is 5.97 Å². The summed E-state index contributed by atoms with van der Waals surface area (Å²) in [4.78, 5) is 13.2. The van der Waals surface area contributed by atoms with Gasteiger partial charge in [-0.3, -0.25) is 4.79 Å². The van der Waals surface area contributed by atoms with E-state index in [1.54, 1.807) is 0 Å². The van der Waals surface area contributed by atoms with Gasteiger partial charge < -0.3 is 4.74 Å². The number of carbonyl (C=O) groups excluding carboxylic acids is 1. The standard InChI is InChI=1S/C14H19NO2S/c1-10(13(16)17-14(2,3)4)18-12-8-6-5-7-11(12)9-15-18/h5-10,18H,1-4H3. The fourth-order valence-corrected chi connectivity index (χ4v) is 3.67. The van der Waals surface area contributed by atoms with E-state index in [1.165, 1.54) is 4.90 Å². The molecular formula is C14H19NO2S. The SMILES string of the molecule is CC(C(=O)OC(C)(C)C)[SH]1N=Cc2ccccc21. The lowest BCUT2D eigenvalue weighted by Gasteiger charge is -2.26. The third kappa shape index (κ3) is 2.75. The van der Waals surface area contributed by atoms with Gasteiger partial charge in [0.15, 0.2) is 0 Å². The van der Waals surface area contributed by atoms with Gasteiger partial charge in [0, 0.05) is 16.7 Å². The van der Waals surface area contributed by atoms with Gasteiger partial charge in [-0.25, -0.2) is 4.40 Å². The van der Waals surface area contributed by atoms with Crippen molar-refractivity contribution in [2.24, 2.45) is 4.40 Å². The minimum Gasteiger partial charge on any atom is -0.459 e. The molecule has 2 unspecified atom stereocenters. The van der Waals surface area contributed by atoms with Gasteiger partial charge in [0.05, 0.1) is 0 Å². The first-order chi connectivity index (χ1) is 8.38. The average molecular weight is 265 g/mol. The maximum Gasteiger partial charge on any atom is 0.319 e. The summed E-state index contributed by atoms with van der Waals surface area (Å²) in [5.74, 6) is -0.164. The maximum absolute atomic E-state index is 12.1. The van der Waals surface area contributed by atoms with Crippen LogP contribution >= 0.6 is 11.1 Å². The molecule has 0 fully saturated rings. The Kier molecular flexibility index (Phi) is 3.48. The van der Waals surface area contributed by atoms with Crippen LogP contribution in [0.1, 0.15) is 33.3 Å². The summed E-state index contributed by atoms with van der Waals surface area (Å²) >= 11 is -0.820. The molecule has 1 aliphatic rings. The van der Waals surface area contributed by atoms with E-state index in [-0.39, 0.29) is 11.2 Å². The van der Waals surface area contributed by atoms with Crippen LogP contribution in [0.2, 0.25) is 0 Å². The van der Waals surface area contributed by atoms with Crippen molar-refractivity contribution in [3.8, 4) is 0 Å². The third-order valence-electron chi connectivity index (χ3n) is 2.62. The molecule has 1 aromatic carbocycles. The molecule has 3 nitrogen and oxygen atoms in total. The molecule has 0 bridgehead atoms. The van der Waals surface area contributed by atoms with Crippen molar-refractivity contribution in [3.05, 3.63) is 29.8 Å². The Morgan fingerprint density at radius 1 is 1.33 bits per heavy atom. The van der Waals surface area contributed by atoms with E-state index in [0.29, 0.717) is 0 Å². The highest BCUT2D eigenvalue weighted by molar-refractivity contribution is 8.17. The normalized spacial score (nSPS) is 21.4. The summed E-state index contributed by atoms with van der Waals surface area (Å²) in [6.45, 7) is 7.56. The summed E-state index contributed by atoms with van der Waals surface area (Å²) in [6.07, 6.45) is 1.86. The van der Waals surface area contributed by atoms with Crippen molar-refractivity contribution in [2.45, 2.75) is 43.4 Å². The van der Waals surface area contributed by atoms with Crippen LogP contribution in [0.25, 0.3) is 0 Å². The van der Waals surface area contributed by atoms with Crippen molar-refractivity contribution in [3.63, 3.8) is 0 Å². The smallest absolute Gasteiger partial charge is 0.319 e. The molecule has 1 aromatic rings. The molecule has 2 rings (SSSR count). The van der Waals surface area contributed by atoms with E-state index in [1.807, 2.05) is 52.1 Å². The first-order valence-corrected chi connectivity index (χ1v) is 7.40. The van der Waals surface area contributed by atoms with Crippen LogP contribution in [0.4, 0.5) is 0 Å². The monoisotopic (exact) mass is 265 g/mol. The van der Waals surface area contributed by atoms with Gasteiger partial charge in [-0.05, 0) is 33.8 Å². The Labute approximate surface area is 111 Å². The Morgan fingerprint density at radius 2 is 2.00 bits per heavy atom. The quantitative estimate of drug-likeness (QED) is 0.659. The molecule has 2 atom stereocenters. The van der Waals surface area contributed by atoms with Crippen molar-refractivity contribution in [2.75, 3.05) is 0 Å².